The second-order valence-corrected chi connectivity index (χ2v) is 4.53. The number of hydrogen-bond donors (Lipinski definition) is 1. The number of nitrogens with one attached hydrogen (secondary N) is 1. The van der Waals surface area contributed by atoms with E-state index in [1.165, 1.54) is 29.7 Å². The lowest BCUT2D eigenvalue weighted by Crippen LogP contribution is -2.02. The first kappa shape index (κ1) is 10.3. The topological polar surface area (TPSA) is 42.7 Å². The molecule has 88 valence electrons. The Hall–Kier alpha value is -1.84. The smallest absolute Gasteiger partial charge is 0.126 e. The fraction of sp³-hybridized carbons (Fsp3) is 0.385. The number of pyridine rings is 1. The van der Waals surface area contributed by atoms with E-state index in [2.05, 4.69) is 27.5 Å². The first-order valence-corrected chi connectivity index (χ1v) is 6.01. The minimum atomic E-state index is 0.777. The SMILES string of the molecule is Cn1cc(CNc2ccc3c(n2)CCC3)cn1. The van der Waals surface area contributed by atoms with Crippen LogP contribution in [-0.4, -0.2) is 14.8 Å². The maximum atomic E-state index is 4.64. The molecule has 2 heterocycles. The van der Waals surface area contributed by atoms with E-state index >= 15 is 0 Å². The van der Waals surface area contributed by atoms with Gasteiger partial charge in [-0.3, -0.25) is 4.68 Å². The minimum absolute atomic E-state index is 0.777. The van der Waals surface area contributed by atoms with Gasteiger partial charge < -0.3 is 5.32 Å². The average molecular weight is 228 g/mol. The molecule has 1 aliphatic rings. The van der Waals surface area contributed by atoms with Crippen molar-refractivity contribution in [1.29, 1.82) is 0 Å². The minimum Gasteiger partial charge on any atom is -0.366 e. The van der Waals surface area contributed by atoms with Crippen molar-refractivity contribution in [3.63, 3.8) is 0 Å². The molecular formula is C13H16N4. The normalized spacial score (nSPS) is 13.7. The highest BCUT2D eigenvalue weighted by Gasteiger charge is 2.12. The van der Waals surface area contributed by atoms with Crippen LogP contribution in [0.5, 0.6) is 0 Å². The third-order valence-electron chi connectivity index (χ3n) is 3.16. The Bertz CT molecular complexity index is 530. The number of rotatable bonds is 3. The van der Waals surface area contributed by atoms with Crippen molar-refractivity contribution in [1.82, 2.24) is 14.8 Å². The molecule has 0 radical (unpaired) electrons. The molecule has 2 aromatic heterocycles. The fourth-order valence-electron chi connectivity index (χ4n) is 2.27. The van der Waals surface area contributed by atoms with Crippen molar-refractivity contribution in [2.75, 3.05) is 5.32 Å². The molecule has 0 unspecified atom stereocenters. The first-order valence-electron chi connectivity index (χ1n) is 6.01. The molecule has 1 N–H and O–H groups in total. The lowest BCUT2D eigenvalue weighted by Gasteiger charge is -2.06. The predicted octanol–water partition coefficient (Wildman–Crippen LogP) is 1.92. The molecule has 17 heavy (non-hydrogen) atoms. The molecule has 0 spiro atoms. The van der Waals surface area contributed by atoms with Crippen molar-refractivity contribution in [3.05, 3.63) is 41.3 Å². The van der Waals surface area contributed by atoms with Crippen LogP contribution >= 0.6 is 0 Å². The Morgan fingerprint density at radius 2 is 2.29 bits per heavy atom. The lowest BCUT2D eigenvalue weighted by molar-refractivity contribution is 0.767. The van der Waals surface area contributed by atoms with Gasteiger partial charge in [-0.15, -0.1) is 0 Å². The van der Waals surface area contributed by atoms with Gasteiger partial charge in [-0.25, -0.2) is 4.98 Å². The number of aromatic nitrogens is 3. The first-order chi connectivity index (χ1) is 8.31. The van der Waals surface area contributed by atoms with Crippen LogP contribution in [0.3, 0.4) is 0 Å². The number of anilines is 1. The summed E-state index contributed by atoms with van der Waals surface area (Å²) in [6.45, 7) is 0.777. The highest BCUT2D eigenvalue weighted by molar-refractivity contribution is 5.40. The van der Waals surface area contributed by atoms with Crippen LogP contribution < -0.4 is 5.32 Å². The highest BCUT2D eigenvalue weighted by Crippen LogP contribution is 2.21. The third kappa shape index (κ3) is 2.16. The number of nitrogens with zero attached hydrogens (tertiary/aromatic N) is 3. The van der Waals surface area contributed by atoms with E-state index in [0.29, 0.717) is 0 Å². The molecule has 3 rings (SSSR count). The molecule has 4 nitrogen and oxygen atoms in total. The lowest BCUT2D eigenvalue weighted by atomic mass is 10.2. The standard InChI is InChI=1S/C13H16N4/c1-17-9-10(8-15-17)7-14-13-6-5-11-3-2-4-12(11)16-13/h5-6,8-9H,2-4,7H2,1H3,(H,14,16). The molecule has 2 aromatic rings. The summed E-state index contributed by atoms with van der Waals surface area (Å²) in [6.07, 6.45) is 7.44. The van der Waals surface area contributed by atoms with Crippen molar-refractivity contribution in [2.24, 2.45) is 7.05 Å². The van der Waals surface area contributed by atoms with Gasteiger partial charge in [0.15, 0.2) is 0 Å². The second kappa shape index (κ2) is 4.20. The molecule has 0 aliphatic heterocycles. The van der Waals surface area contributed by atoms with Crippen molar-refractivity contribution < 1.29 is 0 Å². The van der Waals surface area contributed by atoms with Crippen LogP contribution in [0, 0.1) is 0 Å². The largest absolute Gasteiger partial charge is 0.366 e. The van der Waals surface area contributed by atoms with E-state index in [4.69, 9.17) is 0 Å². The third-order valence-corrected chi connectivity index (χ3v) is 3.16. The van der Waals surface area contributed by atoms with E-state index in [1.54, 1.807) is 0 Å². The van der Waals surface area contributed by atoms with Gasteiger partial charge in [0.2, 0.25) is 0 Å². The quantitative estimate of drug-likeness (QED) is 0.872. The molecule has 4 heteroatoms. The van der Waals surface area contributed by atoms with E-state index in [0.717, 1.165) is 18.8 Å². The molecular weight excluding hydrogens is 212 g/mol. The Balaban J connectivity index is 1.69. The van der Waals surface area contributed by atoms with Crippen LogP contribution in [0.15, 0.2) is 24.5 Å². The number of fused-ring (bicyclic) bond motifs is 1. The summed E-state index contributed by atoms with van der Waals surface area (Å²) >= 11 is 0. The van der Waals surface area contributed by atoms with E-state index < -0.39 is 0 Å². The summed E-state index contributed by atoms with van der Waals surface area (Å²) in [5, 5.41) is 7.48. The average Bonchev–Trinajstić information content (AvgIpc) is 2.94. The summed E-state index contributed by atoms with van der Waals surface area (Å²) in [5.41, 5.74) is 3.85. The highest BCUT2D eigenvalue weighted by atomic mass is 15.2. The summed E-state index contributed by atoms with van der Waals surface area (Å²) < 4.78 is 1.81. The van der Waals surface area contributed by atoms with Crippen LogP contribution in [0.2, 0.25) is 0 Å². The second-order valence-electron chi connectivity index (χ2n) is 4.53. The Morgan fingerprint density at radius 1 is 1.35 bits per heavy atom. The van der Waals surface area contributed by atoms with Gasteiger partial charge in [0.1, 0.15) is 5.82 Å². The molecule has 0 amide bonds. The van der Waals surface area contributed by atoms with E-state index in [9.17, 15) is 0 Å². The van der Waals surface area contributed by atoms with Gasteiger partial charge in [-0.1, -0.05) is 6.07 Å². The summed E-state index contributed by atoms with van der Waals surface area (Å²) in [7, 11) is 1.93. The fourth-order valence-corrected chi connectivity index (χ4v) is 2.27. The Labute approximate surface area is 101 Å². The Kier molecular flexibility index (Phi) is 2.55. The maximum Gasteiger partial charge on any atom is 0.126 e. The van der Waals surface area contributed by atoms with Gasteiger partial charge >= 0.3 is 0 Å². The van der Waals surface area contributed by atoms with Crippen LogP contribution in [0.25, 0.3) is 0 Å². The van der Waals surface area contributed by atoms with Crippen molar-refractivity contribution in [2.45, 2.75) is 25.8 Å². The van der Waals surface area contributed by atoms with Gasteiger partial charge in [-0.05, 0) is 30.9 Å². The molecule has 0 aromatic carbocycles. The zero-order valence-electron chi connectivity index (χ0n) is 9.98. The van der Waals surface area contributed by atoms with Crippen LogP contribution in [0.1, 0.15) is 23.2 Å². The summed E-state index contributed by atoms with van der Waals surface area (Å²) in [6, 6.07) is 4.27. The van der Waals surface area contributed by atoms with Crippen LogP contribution in [-0.2, 0) is 26.4 Å². The van der Waals surface area contributed by atoms with E-state index in [-0.39, 0.29) is 0 Å². The maximum absolute atomic E-state index is 4.64. The van der Waals surface area contributed by atoms with Crippen molar-refractivity contribution >= 4 is 5.82 Å². The molecule has 0 saturated heterocycles. The van der Waals surface area contributed by atoms with E-state index in [1.807, 2.05) is 24.1 Å². The van der Waals surface area contributed by atoms with Crippen molar-refractivity contribution in [3.8, 4) is 0 Å². The zero-order chi connectivity index (χ0) is 11.7. The summed E-state index contributed by atoms with van der Waals surface area (Å²) in [5.74, 6) is 0.967. The molecule has 0 bridgehead atoms. The van der Waals surface area contributed by atoms with Gasteiger partial charge in [0.25, 0.3) is 0 Å². The van der Waals surface area contributed by atoms with Gasteiger partial charge in [0.05, 0.1) is 6.20 Å². The molecule has 1 aliphatic carbocycles. The molecule has 0 saturated carbocycles. The van der Waals surface area contributed by atoms with Gasteiger partial charge in [-0.2, -0.15) is 5.10 Å². The van der Waals surface area contributed by atoms with Gasteiger partial charge in [0, 0.05) is 31.0 Å². The zero-order valence-corrected chi connectivity index (χ0v) is 9.98. The predicted molar refractivity (Wildman–Crippen MR) is 66.8 cm³/mol. The number of aryl methyl sites for hydroxylation is 3. The molecule has 0 atom stereocenters. The summed E-state index contributed by atoms with van der Waals surface area (Å²) in [4.78, 5) is 4.64. The number of hydrogen-bond acceptors (Lipinski definition) is 3. The monoisotopic (exact) mass is 228 g/mol. The Morgan fingerprint density at radius 3 is 3.12 bits per heavy atom. The van der Waals surface area contributed by atoms with Crippen LogP contribution in [0.4, 0.5) is 5.82 Å². The molecule has 0 fully saturated rings.